The molecule has 1 fully saturated rings. The van der Waals surface area contributed by atoms with E-state index >= 15 is 0 Å². The van der Waals surface area contributed by atoms with Crippen molar-refractivity contribution >= 4 is 55.2 Å². The van der Waals surface area contributed by atoms with E-state index in [-0.39, 0.29) is 17.1 Å². The van der Waals surface area contributed by atoms with Gasteiger partial charge in [-0.15, -0.1) is 0 Å². The molecule has 1 aliphatic rings. The maximum Gasteiger partial charge on any atom is 0.335 e. The van der Waals surface area contributed by atoms with Crippen molar-refractivity contribution in [2.75, 3.05) is 29.5 Å². The number of nitrogens with zero attached hydrogens (tertiary/aromatic N) is 2. The molecular formula is C21H21N2O4S2+. The summed E-state index contributed by atoms with van der Waals surface area (Å²) in [5.41, 5.74) is 3.36. The number of carbonyl (C=O) groups is 1. The van der Waals surface area contributed by atoms with Crippen molar-refractivity contribution in [1.29, 1.82) is 0 Å². The third-order valence-corrected chi connectivity index (χ3v) is 7.91. The molecular weight excluding hydrogens is 408 g/mol. The predicted octanol–water partition coefficient (Wildman–Crippen LogP) is 2.83. The van der Waals surface area contributed by atoms with E-state index in [2.05, 4.69) is 4.90 Å². The molecule has 0 spiro atoms. The average Bonchev–Trinajstić information content (AvgIpc) is 3.02. The molecule has 1 saturated heterocycles. The smallest absolute Gasteiger partial charge is 0.335 e. The third-order valence-electron chi connectivity index (χ3n) is 5.13. The Bertz CT molecular complexity index is 1200. The van der Waals surface area contributed by atoms with Crippen LogP contribution >= 0.6 is 11.3 Å². The molecule has 0 bridgehead atoms. The highest BCUT2D eigenvalue weighted by Crippen LogP contribution is 2.24. The summed E-state index contributed by atoms with van der Waals surface area (Å²) in [7, 11) is -0.916. The van der Waals surface area contributed by atoms with Gasteiger partial charge in [-0.25, -0.2) is 13.2 Å². The summed E-state index contributed by atoms with van der Waals surface area (Å²) in [6, 6.07) is 13.2. The Labute approximate surface area is 173 Å². The van der Waals surface area contributed by atoms with Gasteiger partial charge in [-0.2, -0.15) is 4.57 Å². The molecule has 2 aromatic carbocycles. The van der Waals surface area contributed by atoms with Crippen LogP contribution in [0, 0.1) is 0 Å². The van der Waals surface area contributed by atoms with E-state index in [0.717, 1.165) is 26.5 Å². The number of aromatic carboxylic acids is 1. The second-order valence-corrected chi connectivity index (χ2v) is 10.4. The van der Waals surface area contributed by atoms with E-state index in [4.69, 9.17) is 5.11 Å². The summed E-state index contributed by atoms with van der Waals surface area (Å²) in [5.74, 6) is -0.507. The molecule has 1 aromatic heterocycles. The fourth-order valence-electron chi connectivity index (χ4n) is 3.39. The van der Waals surface area contributed by atoms with Crippen molar-refractivity contribution in [2.45, 2.75) is 0 Å². The molecule has 29 heavy (non-hydrogen) atoms. The second-order valence-electron chi connectivity index (χ2n) is 7.05. The topological polar surface area (TPSA) is 78.6 Å². The van der Waals surface area contributed by atoms with Gasteiger partial charge in [0.05, 0.1) is 17.1 Å². The van der Waals surface area contributed by atoms with Crippen LogP contribution in [0.5, 0.6) is 0 Å². The maximum absolute atomic E-state index is 11.6. The van der Waals surface area contributed by atoms with Crippen molar-refractivity contribution in [3.05, 3.63) is 58.6 Å². The van der Waals surface area contributed by atoms with Gasteiger partial charge < -0.3 is 10.0 Å². The van der Waals surface area contributed by atoms with Crippen LogP contribution in [0.25, 0.3) is 22.4 Å². The lowest BCUT2D eigenvalue weighted by atomic mass is 10.2. The van der Waals surface area contributed by atoms with Gasteiger partial charge in [-0.3, -0.25) is 0 Å². The molecule has 0 amide bonds. The summed E-state index contributed by atoms with van der Waals surface area (Å²) in [6.07, 6.45) is 4.04. The molecule has 3 aromatic rings. The summed E-state index contributed by atoms with van der Waals surface area (Å²) < 4.78 is 26.1. The number of carboxylic acid groups (broad SMARTS) is 1. The molecule has 1 N–H and O–H groups in total. The van der Waals surface area contributed by atoms with Crippen LogP contribution in [-0.4, -0.2) is 44.1 Å². The molecule has 0 radical (unpaired) electrons. The van der Waals surface area contributed by atoms with Gasteiger partial charge in [0.2, 0.25) is 5.52 Å². The number of thiazole rings is 1. The van der Waals surface area contributed by atoms with Gasteiger partial charge in [-0.1, -0.05) is 23.5 Å². The van der Waals surface area contributed by atoms with Crippen LogP contribution in [0.3, 0.4) is 0 Å². The Morgan fingerprint density at radius 2 is 1.79 bits per heavy atom. The van der Waals surface area contributed by atoms with Crippen LogP contribution in [-0.2, 0) is 16.9 Å². The lowest BCUT2D eigenvalue weighted by molar-refractivity contribution is -0.642. The highest BCUT2D eigenvalue weighted by molar-refractivity contribution is 7.91. The Morgan fingerprint density at radius 1 is 1.10 bits per heavy atom. The van der Waals surface area contributed by atoms with Gasteiger partial charge in [0.1, 0.15) is 11.7 Å². The van der Waals surface area contributed by atoms with E-state index in [1.165, 1.54) is 0 Å². The minimum Gasteiger partial charge on any atom is -0.478 e. The first-order valence-electron chi connectivity index (χ1n) is 9.22. The predicted molar refractivity (Wildman–Crippen MR) is 116 cm³/mol. The van der Waals surface area contributed by atoms with Gasteiger partial charge in [0.15, 0.2) is 9.84 Å². The summed E-state index contributed by atoms with van der Waals surface area (Å²) in [5, 5.41) is 10.2. The Hall–Kier alpha value is -2.71. The number of hydrogen-bond donors (Lipinski definition) is 1. The van der Waals surface area contributed by atoms with Gasteiger partial charge in [0.25, 0.3) is 5.01 Å². The normalized spacial score (nSPS) is 16.5. The minimum atomic E-state index is -2.88. The molecule has 4 rings (SSSR count). The Morgan fingerprint density at radius 3 is 2.45 bits per heavy atom. The monoisotopic (exact) mass is 429 g/mol. The van der Waals surface area contributed by atoms with Gasteiger partial charge >= 0.3 is 5.97 Å². The fourth-order valence-corrected chi connectivity index (χ4v) is 5.68. The van der Waals surface area contributed by atoms with Crippen molar-refractivity contribution in [2.24, 2.45) is 7.05 Å². The number of anilines is 1. The number of rotatable bonds is 4. The van der Waals surface area contributed by atoms with E-state index in [1.54, 1.807) is 23.5 Å². The number of aromatic nitrogens is 1. The maximum atomic E-state index is 11.6. The first-order chi connectivity index (χ1) is 13.8. The van der Waals surface area contributed by atoms with Crippen LogP contribution in [0.4, 0.5) is 5.69 Å². The number of carboxylic acids is 1. The zero-order valence-corrected chi connectivity index (χ0v) is 17.5. The SMILES string of the molecule is C[n+]1c(/C=C/c2ccc(N3CCS(=O)(=O)CC3)cc2)sc2cc(C(=O)O)ccc21. The van der Waals surface area contributed by atoms with Crippen LogP contribution in [0.15, 0.2) is 42.5 Å². The summed E-state index contributed by atoms with van der Waals surface area (Å²) in [6.45, 7) is 1.07. The molecule has 0 atom stereocenters. The second kappa shape index (κ2) is 7.61. The van der Waals surface area contributed by atoms with Crippen LogP contribution < -0.4 is 9.47 Å². The molecule has 0 saturated carbocycles. The van der Waals surface area contributed by atoms with E-state index in [1.807, 2.05) is 54.1 Å². The number of fused-ring (bicyclic) bond motifs is 1. The number of benzene rings is 2. The summed E-state index contributed by atoms with van der Waals surface area (Å²) >= 11 is 1.55. The molecule has 8 heteroatoms. The first-order valence-corrected chi connectivity index (χ1v) is 11.9. The van der Waals surface area contributed by atoms with Crippen molar-refractivity contribution in [3.63, 3.8) is 0 Å². The zero-order valence-electron chi connectivity index (χ0n) is 15.9. The Kier molecular flexibility index (Phi) is 5.14. The average molecular weight is 430 g/mol. The molecule has 0 aliphatic carbocycles. The lowest BCUT2D eigenvalue weighted by Crippen LogP contribution is -2.40. The minimum absolute atomic E-state index is 0.209. The molecule has 6 nitrogen and oxygen atoms in total. The highest BCUT2D eigenvalue weighted by Gasteiger charge is 2.21. The fraction of sp³-hybridized carbons (Fsp3) is 0.238. The van der Waals surface area contributed by atoms with E-state index in [0.29, 0.717) is 13.1 Å². The van der Waals surface area contributed by atoms with Crippen LogP contribution in [0.2, 0.25) is 0 Å². The molecule has 150 valence electrons. The summed E-state index contributed by atoms with van der Waals surface area (Å²) in [4.78, 5) is 13.3. The number of aryl methyl sites for hydroxylation is 1. The standard InChI is InChI=1S/C21H20N2O4S2/c1-22-18-8-5-16(21(24)25)14-19(18)28-20(22)9-4-15-2-6-17(7-3-15)23-10-12-29(26,27)13-11-23/h2-9,14H,10-13H2,1H3/p+1. The quantitative estimate of drug-likeness (QED) is 0.646. The van der Waals surface area contributed by atoms with Crippen LogP contribution in [0.1, 0.15) is 20.9 Å². The molecule has 0 unspecified atom stereocenters. The first kappa shape index (κ1) is 19.6. The largest absolute Gasteiger partial charge is 0.478 e. The van der Waals surface area contributed by atoms with Crippen molar-refractivity contribution in [1.82, 2.24) is 0 Å². The zero-order chi connectivity index (χ0) is 20.6. The van der Waals surface area contributed by atoms with E-state index in [9.17, 15) is 13.2 Å². The lowest BCUT2D eigenvalue weighted by Gasteiger charge is -2.28. The van der Waals surface area contributed by atoms with Gasteiger partial charge in [-0.05, 0) is 35.9 Å². The van der Waals surface area contributed by atoms with E-state index < -0.39 is 15.8 Å². The van der Waals surface area contributed by atoms with Crippen molar-refractivity contribution in [3.8, 4) is 0 Å². The van der Waals surface area contributed by atoms with Crippen molar-refractivity contribution < 1.29 is 22.9 Å². The number of sulfone groups is 1. The Balaban J connectivity index is 1.52. The molecule has 2 heterocycles. The van der Waals surface area contributed by atoms with Gasteiger partial charge in [0, 0.05) is 30.9 Å². The number of hydrogen-bond acceptors (Lipinski definition) is 5. The molecule has 1 aliphatic heterocycles. The third kappa shape index (κ3) is 4.18. The highest BCUT2D eigenvalue weighted by atomic mass is 32.2.